The summed E-state index contributed by atoms with van der Waals surface area (Å²) in [5, 5.41) is 54.2. The average Bonchev–Trinajstić information content (AvgIpc) is 1.62. The fourth-order valence-corrected chi connectivity index (χ4v) is 15.2. The number of hydrogen-bond donors (Lipinski definition) is 6. The topological polar surface area (TPSA) is 391 Å². The van der Waals surface area contributed by atoms with E-state index in [4.69, 9.17) is 65.4 Å². The zero-order chi connectivity index (χ0) is 92.2. The fraction of sp³-hybridized carbons (Fsp3) is 0.330. The number of aromatic nitrogens is 13. The second-order valence-electron chi connectivity index (χ2n) is 32.9. The quantitative estimate of drug-likeness (QED) is 0.0228. The van der Waals surface area contributed by atoms with Crippen LogP contribution in [0.3, 0.4) is 0 Å². The molecule has 3 aliphatic rings. The normalized spacial score (nSPS) is 13.9. The standard InChI is InChI=1S/C19H22N2O2.C16H16Cl2N2O2.C16H16ClFN2O2.2C16H15FN2O2.C14H15N3O2/c22-14-17(23)15-12-20-18(21-13-15)11-19(9-5-2-6-10-19)16-7-3-1-4-8-16;1-16(2,11-3-4-12(17)13(18)5-11)6-15-19-7-10(8-20-15)14(22)9-21;1-16(2,12-4-3-11(17)5-13(12)18)6-15-19-7-10(8-20-15)14(22)9-21;17-13-3-1-12(2-4-13)16(5-6-16)7-15-18-8-11(9-19-15)14(21)10-20;17-13-4-2-1-3-12(13)16(5-6-16)7-15-18-8-11(9-19-15)14(21)10-20;1-10(11-2-4-15-5-3-11)6-14-16-7-12(8-17-14)13(19)9-18/h1,3-4,7-8,12-13,22H,2,5-6,9-11,14H2;2*3-5,7-8,21H,6,9H2,1-2H3;2*1-4,8-9,20H,5-7,10H2;2-5,7-8,10,18H,6,9H2,1H3. The predicted molar refractivity (Wildman–Crippen MR) is 475 cm³/mol. The molecule has 1 atom stereocenters. The fourth-order valence-electron chi connectivity index (χ4n) is 14.7. The number of aliphatic hydroxyl groups is 6. The minimum atomic E-state index is -0.579. The van der Waals surface area contributed by atoms with Gasteiger partial charge in [0.15, 0.2) is 34.7 Å². The lowest BCUT2D eigenvalue weighted by atomic mass is 9.67. The highest BCUT2D eigenvalue weighted by Gasteiger charge is 2.47. The smallest absolute Gasteiger partial charge is 0.191 e. The SMILES string of the molecule is CC(C)(Cc1ncc(C(=O)CO)cn1)c1ccc(Cl)c(Cl)c1.CC(C)(Cc1ncc(C(=O)CO)cn1)c1ccc(Cl)cc1F.CC(Cc1ncc(C(=O)CO)cn1)c1ccncc1.O=C(CO)c1cnc(CC2(c3ccc(F)cc3)CC2)nc1.O=C(CO)c1cnc(CC2(c3ccccc3)CCCCC2)nc1.O=C(CO)c1cnc(CC2(c3ccccc3F)CC2)nc1. The van der Waals surface area contributed by atoms with Crippen LogP contribution in [0.5, 0.6) is 0 Å². The molecule has 666 valence electrons. The Labute approximate surface area is 754 Å². The van der Waals surface area contributed by atoms with Gasteiger partial charge in [0.1, 0.15) is 92.0 Å². The van der Waals surface area contributed by atoms with E-state index in [9.17, 15) is 41.9 Å². The molecule has 7 heterocycles. The number of pyridine rings is 1. The molecule has 31 heteroatoms. The number of halogens is 6. The van der Waals surface area contributed by atoms with Crippen LogP contribution in [0, 0.1) is 17.5 Å². The summed E-state index contributed by atoms with van der Waals surface area (Å²) in [7, 11) is 0. The monoisotopic (exact) mass is 1800 g/mol. The van der Waals surface area contributed by atoms with E-state index in [1.807, 2.05) is 68.4 Å². The molecule has 3 aliphatic carbocycles. The van der Waals surface area contributed by atoms with E-state index in [-0.39, 0.29) is 73.5 Å². The van der Waals surface area contributed by atoms with Gasteiger partial charge >= 0.3 is 0 Å². The van der Waals surface area contributed by atoms with Crippen molar-refractivity contribution < 1.29 is 72.6 Å². The van der Waals surface area contributed by atoms with E-state index in [0.29, 0.717) is 110 Å². The van der Waals surface area contributed by atoms with E-state index in [1.165, 1.54) is 129 Å². The molecule has 128 heavy (non-hydrogen) atoms. The van der Waals surface area contributed by atoms with E-state index in [1.54, 1.807) is 36.7 Å². The van der Waals surface area contributed by atoms with E-state index >= 15 is 0 Å². The first-order valence-corrected chi connectivity index (χ1v) is 42.6. The van der Waals surface area contributed by atoms with Crippen molar-refractivity contribution in [2.45, 2.75) is 164 Å². The molecule has 6 N–H and O–H groups in total. The summed E-state index contributed by atoms with van der Waals surface area (Å²) in [5.74, 6) is 0.954. The van der Waals surface area contributed by atoms with Gasteiger partial charge < -0.3 is 30.6 Å². The number of carbonyl (C=O) groups excluding carboxylic acids is 6. The second kappa shape index (κ2) is 46.2. The van der Waals surface area contributed by atoms with E-state index in [0.717, 1.165) is 61.9 Å². The Morgan fingerprint density at radius 2 is 0.742 bits per heavy atom. The Bertz CT molecular complexity index is 5700. The third-order valence-corrected chi connectivity index (χ3v) is 23.6. The molecular weight excluding hydrogens is 1700 g/mol. The minimum Gasteiger partial charge on any atom is -0.388 e. The van der Waals surface area contributed by atoms with Gasteiger partial charge in [0.05, 0.1) is 43.4 Å². The van der Waals surface area contributed by atoms with Crippen molar-refractivity contribution in [2.24, 2.45) is 0 Å². The van der Waals surface area contributed by atoms with Crippen molar-refractivity contribution in [3.8, 4) is 0 Å². The highest BCUT2D eigenvalue weighted by Crippen LogP contribution is 2.52. The first kappa shape index (κ1) is 98.3. The van der Waals surface area contributed by atoms with Gasteiger partial charge in [-0.2, -0.15) is 0 Å². The van der Waals surface area contributed by atoms with Crippen molar-refractivity contribution in [3.05, 3.63) is 348 Å². The molecule has 3 saturated carbocycles. The Balaban J connectivity index is 0.000000160. The van der Waals surface area contributed by atoms with Crippen LogP contribution in [0.25, 0.3) is 0 Å². The average molecular weight is 1800 g/mol. The molecule has 15 rings (SSSR count). The zero-order valence-corrected chi connectivity index (χ0v) is 73.6. The lowest BCUT2D eigenvalue weighted by molar-refractivity contribution is 0.0897. The van der Waals surface area contributed by atoms with Gasteiger partial charge in [-0.25, -0.2) is 73.0 Å². The van der Waals surface area contributed by atoms with Gasteiger partial charge in [-0.15, -0.1) is 0 Å². The van der Waals surface area contributed by atoms with Crippen molar-refractivity contribution >= 4 is 69.5 Å². The summed E-state index contributed by atoms with van der Waals surface area (Å²) < 4.78 is 41.0. The van der Waals surface area contributed by atoms with Crippen molar-refractivity contribution in [3.63, 3.8) is 0 Å². The summed E-state index contributed by atoms with van der Waals surface area (Å²) in [6.07, 6.45) is 34.5. The molecule has 3 fully saturated rings. The van der Waals surface area contributed by atoms with Crippen LogP contribution < -0.4 is 0 Å². The molecule has 1 unspecified atom stereocenters. The Morgan fingerprint density at radius 1 is 0.375 bits per heavy atom. The maximum absolute atomic E-state index is 14.1. The number of benzene rings is 5. The van der Waals surface area contributed by atoms with Crippen LogP contribution in [0.1, 0.15) is 229 Å². The van der Waals surface area contributed by atoms with Crippen LogP contribution in [-0.4, -0.2) is 170 Å². The van der Waals surface area contributed by atoms with E-state index in [2.05, 4.69) is 110 Å². The maximum atomic E-state index is 14.1. The lowest BCUT2D eigenvalue weighted by Crippen LogP contribution is -2.32. The molecule has 0 bridgehead atoms. The number of ketones is 6. The van der Waals surface area contributed by atoms with Crippen molar-refractivity contribution in [2.75, 3.05) is 39.6 Å². The number of Topliss-reactive ketones (excluding diaryl/α,β-unsaturated/α-hetero) is 6. The number of rotatable bonds is 30. The molecule has 0 aliphatic heterocycles. The summed E-state index contributed by atoms with van der Waals surface area (Å²) in [6, 6.07) is 38.1. The van der Waals surface area contributed by atoms with Crippen LogP contribution in [0.4, 0.5) is 13.2 Å². The molecule has 7 aromatic heterocycles. The second-order valence-corrected chi connectivity index (χ2v) is 34.1. The predicted octanol–water partition coefficient (Wildman–Crippen LogP) is 15.1. The van der Waals surface area contributed by atoms with Crippen molar-refractivity contribution in [1.82, 2.24) is 64.8 Å². The summed E-state index contributed by atoms with van der Waals surface area (Å²) >= 11 is 17.8. The van der Waals surface area contributed by atoms with Crippen LogP contribution >= 0.6 is 34.8 Å². The summed E-state index contributed by atoms with van der Waals surface area (Å²) in [6.45, 7) is 6.74. The third-order valence-electron chi connectivity index (χ3n) is 22.6. The molecule has 25 nitrogen and oxygen atoms in total. The highest BCUT2D eigenvalue weighted by molar-refractivity contribution is 6.42. The van der Waals surface area contributed by atoms with Gasteiger partial charge in [0, 0.05) is 147 Å². The number of aliphatic hydroxyl groups excluding tert-OH is 6. The van der Waals surface area contributed by atoms with Crippen molar-refractivity contribution in [1.29, 1.82) is 0 Å². The summed E-state index contributed by atoms with van der Waals surface area (Å²) in [4.78, 5) is 122. The molecule has 0 spiro atoms. The molecular formula is C97H99Cl3F3N13O12. The minimum absolute atomic E-state index is 0.00377. The third kappa shape index (κ3) is 27.6. The van der Waals surface area contributed by atoms with Gasteiger partial charge in [-0.05, 0) is 143 Å². The first-order chi connectivity index (χ1) is 61.4. The van der Waals surface area contributed by atoms with Gasteiger partial charge in [0.2, 0.25) is 0 Å². The van der Waals surface area contributed by atoms with E-state index < -0.39 is 62.4 Å². The maximum Gasteiger partial charge on any atom is 0.191 e. The van der Waals surface area contributed by atoms with Gasteiger partial charge in [-0.1, -0.05) is 161 Å². The Morgan fingerprint density at radius 3 is 1.13 bits per heavy atom. The summed E-state index contributed by atoms with van der Waals surface area (Å²) in [5.41, 5.74) is 6.87. The Hall–Kier alpha value is -11.8. The largest absolute Gasteiger partial charge is 0.388 e. The molecule has 0 radical (unpaired) electrons. The molecule has 0 saturated heterocycles. The Kier molecular flexibility index (Phi) is 35.5. The van der Waals surface area contributed by atoms with Crippen LogP contribution in [0.15, 0.2) is 214 Å². The molecule has 5 aromatic carbocycles. The zero-order valence-electron chi connectivity index (χ0n) is 71.3. The number of carbonyl (C=O) groups is 6. The van der Waals surface area contributed by atoms with Crippen LogP contribution in [-0.2, 0) is 65.6 Å². The number of hydrogen-bond acceptors (Lipinski definition) is 25. The van der Waals surface area contributed by atoms with Gasteiger partial charge in [-0.3, -0.25) is 33.8 Å². The molecule has 12 aromatic rings. The highest BCUT2D eigenvalue weighted by atomic mass is 35.5. The number of nitrogens with zero attached hydrogens (tertiary/aromatic N) is 13. The first-order valence-electron chi connectivity index (χ1n) is 41.5. The van der Waals surface area contributed by atoms with Gasteiger partial charge in [0.25, 0.3) is 0 Å². The van der Waals surface area contributed by atoms with Crippen LogP contribution in [0.2, 0.25) is 15.1 Å². The molecule has 0 amide bonds. The lowest BCUT2D eigenvalue weighted by Gasteiger charge is -2.37.